The van der Waals surface area contributed by atoms with Crippen LogP contribution in [0, 0.1) is 0 Å². The van der Waals surface area contributed by atoms with Gasteiger partial charge in [0.2, 0.25) is 0 Å². The van der Waals surface area contributed by atoms with E-state index in [0.29, 0.717) is 25.7 Å². The summed E-state index contributed by atoms with van der Waals surface area (Å²) in [5, 5.41) is 0. The van der Waals surface area contributed by atoms with Crippen LogP contribution in [-0.2, 0) is 6.42 Å². The fourth-order valence-corrected chi connectivity index (χ4v) is 3.03. The lowest BCUT2D eigenvalue weighted by Crippen LogP contribution is -2.16. The molecule has 0 heterocycles. The molecule has 2 aromatic carbocycles. The van der Waals surface area contributed by atoms with Crippen LogP contribution in [0.15, 0.2) is 42.5 Å². The molecule has 0 saturated heterocycles. The summed E-state index contributed by atoms with van der Waals surface area (Å²) in [6.07, 6.45) is 0.906. The summed E-state index contributed by atoms with van der Waals surface area (Å²) in [7, 11) is 0. The minimum Gasteiger partial charge on any atom is -0.494 e. The normalized spacial score (nSPS) is 12.2. The summed E-state index contributed by atoms with van der Waals surface area (Å²) in [5.41, 5.74) is 9.93. The Morgan fingerprint density at radius 3 is 2.16 bits per heavy atom. The van der Waals surface area contributed by atoms with E-state index in [9.17, 15) is 0 Å². The largest absolute Gasteiger partial charge is 0.494 e. The minimum absolute atomic E-state index is 0.224. The molecule has 1 unspecified atom stereocenters. The lowest BCUT2D eigenvalue weighted by atomic mass is 9.90. The maximum atomic E-state index is 6.11. The summed E-state index contributed by atoms with van der Waals surface area (Å²) in [4.78, 5) is 0. The third-order valence-electron chi connectivity index (χ3n) is 4.45. The van der Waals surface area contributed by atoms with E-state index in [1.54, 1.807) is 0 Å². The van der Waals surface area contributed by atoms with Gasteiger partial charge in [0.25, 0.3) is 0 Å². The Morgan fingerprint density at radius 2 is 1.60 bits per heavy atom. The molecule has 0 saturated carbocycles. The lowest BCUT2D eigenvalue weighted by molar-refractivity contribution is 0.319. The molecule has 3 nitrogen and oxygen atoms in total. The molecule has 2 aromatic rings. The van der Waals surface area contributed by atoms with Gasteiger partial charge in [-0.3, -0.25) is 0 Å². The van der Waals surface area contributed by atoms with Crippen LogP contribution in [0.3, 0.4) is 0 Å². The number of rotatable bonds is 9. The molecule has 25 heavy (non-hydrogen) atoms. The van der Waals surface area contributed by atoms with Crippen molar-refractivity contribution in [2.75, 3.05) is 19.8 Å². The van der Waals surface area contributed by atoms with E-state index in [0.717, 1.165) is 23.5 Å². The minimum atomic E-state index is 0.224. The molecule has 0 aromatic heterocycles. The van der Waals surface area contributed by atoms with Crippen molar-refractivity contribution in [1.29, 1.82) is 0 Å². The number of benzene rings is 2. The zero-order valence-corrected chi connectivity index (χ0v) is 15.9. The van der Waals surface area contributed by atoms with Crippen molar-refractivity contribution in [1.82, 2.24) is 0 Å². The van der Waals surface area contributed by atoms with E-state index in [-0.39, 0.29) is 5.92 Å². The number of hydrogen-bond acceptors (Lipinski definition) is 3. The van der Waals surface area contributed by atoms with Crippen molar-refractivity contribution in [3.05, 3.63) is 59.2 Å². The second-order valence-electron chi connectivity index (χ2n) is 6.60. The van der Waals surface area contributed by atoms with Crippen molar-refractivity contribution in [3.63, 3.8) is 0 Å². The van der Waals surface area contributed by atoms with Crippen LogP contribution in [0.25, 0.3) is 0 Å². The van der Waals surface area contributed by atoms with E-state index < -0.39 is 0 Å². The Bertz CT molecular complexity index is 650. The molecule has 136 valence electrons. The van der Waals surface area contributed by atoms with Gasteiger partial charge in [0, 0.05) is 12.0 Å². The van der Waals surface area contributed by atoms with E-state index in [1.807, 2.05) is 26.0 Å². The van der Waals surface area contributed by atoms with Gasteiger partial charge < -0.3 is 15.2 Å². The van der Waals surface area contributed by atoms with Crippen molar-refractivity contribution < 1.29 is 9.47 Å². The maximum absolute atomic E-state index is 6.11. The predicted octanol–water partition coefficient (Wildman–Crippen LogP) is 4.89. The molecule has 0 spiro atoms. The third kappa shape index (κ3) is 5.23. The van der Waals surface area contributed by atoms with Crippen LogP contribution < -0.4 is 15.2 Å². The van der Waals surface area contributed by atoms with Crippen LogP contribution in [0.4, 0.5) is 0 Å². The fraction of sp³-hybridized carbons (Fsp3) is 0.455. The second kappa shape index (κ2) is 9.47. The molecular weight excluding hydrogens is 310 g/mol. The SMILES string of the molecule is CCOc1ccc(C(CN)Cc2ccc(C(C)C)cc2)c(OCC)c1. The highest BCUT2D eigenvalue weighted by Crippen LogP contribution is 2.32. The zero-order valence-electron chi connectivity index (χ0n) is 15.9. The highest BCUT2D eigenvalue weighted by Gasteiger charge is 2.17. The zero-order chi connectivity index (χ0) is 18.2. The second-order valence-corrected chi connectivity index (χ2v) is 6.60. The van der Waals surface area contributed by atoms with Crippen molar-refractivity contribution in [2.24, 2.45) is 5.73 Å². The quantitative estimate of drug-likeness (QED) is 0.706. The Balaban J connectivity index is 2.23. The van der Waals surface area contributed by atoms with Crippen molar-refractivity contribution >= 4 is 0 Å². The molecule has 3 heteroatoms. The number of ether oxygens (including phenoxy) is 2. The molecule has 1 atom stereocenters. The Hall–Kier alpha value is -2.00. The molecule has 2 rings (SSSR count). The van der Waals surface area contributed by atoms with E-state index in [4.69, 9.17) is 15.2 Å². The molecule has 0 aliphatic carbocycles. The first kappa shape index (κ1) is 19.3. The molecule has 2 N–H and O–H groups in total. The van der Waals surface area contributed by atoms with Crippen LogP contribution in [0.1, 0.15) is 56.2 Å². The summed E-state index contributed by atoms with van der Waals surface area (Å²) in [6, 6.07) is 14.9. The monoisotopic (exact) mass is 341 g/mol. The van der Waals surface area contributed by atoms with Gasteiger partial charge in [0.05, 0.1) is 13.2 Å². The van der Waals surface area contributed by atoms with Crippen LogP contribution >= 0.6 is 0 Å². The van der Waals surface area contributed by atoms with Crippen molar-refractivity contribution in [2.45, 2.75) is 46.0 Å². The van der Waals surface area contributed by atoms with E-state index in [1.165, 1.54) is 11.1 Å². The maximum Gasteiger partial charge on any atom is 0.126 e. The first-order valence-electron chi connectivity index (χ1n) is 9.27. The lowest BCUT2D eigenvalue weighted by Gasteiger charge is -2.20. The smallest absolute Gasteiger partial charge is 0.126 e. The highest BCUT2D eigenvalue weighted by molar-refractivity contribution is 5.44. The molecular formula is C22H31NO2. The summed E-state index contributed by atoms with van der Waals surface area (Å²) in [5.74, 6) is 2.49. The van der Waals surface area contributed by atoms with Gasteiger partial charge in [-0.25, -0.2) is 0 Å². The Kier molecular flexibility index (Phi) is 7.32. The number of nitrogens with two attached hydrogens (primary N) is 1. The average Bonchev–Trinajstić information content (AvgIpc) is 2.61. The van der Waals surface area contributed by atoms with Crippen molar-refractivity contribution in [3.8, 4) is 11.5 Å². The van der Waals surface area contributed by atoms with Gasteiger partial charge in [-0.15, -0.1) is 0 Å². The van der Waals surface area contributed by atoms with Gasteiger partial charge in [-0.2, -0.15) is 0 Å². The Labute approximate surface area is 152 Å². The van der Waals surface area contributed by atoms with Crippen LogP contribution in [0.5, 0.6) is 11.5 Å². The molecule has 0 fully saturated rings. The fourth-order valence-electron chi connectivity index (χ4n) is 3.03. The first-order valence-corrected chi connectivity index (χ1v) is 9.27. The van der Waals surface area contributed by atoms with Gasteiger partial charge in [-0.1, -0.05) is 44.2 Å². The standard InChI is InChI=1S/C22H31NO2/c1-5-24-20-11-12-21(22(14-20)25-6-2)19(15-23)13-17-7-9-18(10-8-17)16(3)4/h7-12,14,16,19H,5-6,13,15,23H2,1-4H3. The molecule has 0 amide bonds. The van der Waals surface area contributed by atoms with E-state index >= 15 is 0 Å². The predicted molar refractivity (Wildman–Crippen MR) is 105 cm³/mol. The summed E-state index contributed by atoms with van der Waals surface area (Å²) < 4.78 is 11.5. The summed E-state index contributed by atoms with van der Waals surface area (Å²) >= 11 is 0. The van der Waals surface area contributed by atoms with Gasteiger partial charge in [-0.05, 0) is 55.5 Å². The molecule has 0 radical (unpaired) electrons. The average molecular weight is 341 g/mol. The molecule has 0 bridgehead atoms. The number of hydrogen-bond donors (Lipinski definition) is 1. The highest BCUT2D eigenvalue weighted by atomic mass is 16.5. The third-order valence-corrected chi connectivity index (χ3v) is 4.45. The first-order chi connectivity index (χ1) is 12.1. The van der Waals surface area contributed by atoms with Crippen LogP contribution in [0.2, 0.25) is 0 Å². The molecule has 0 aliphatic heterocycles. The van der Waals surface area contributed by atoms with Crippen LogP contribution in [-0.4, -0.2) is 19.8 Å². The Morgan fingerprint density at radius 1 is 0.920 bits per heavy atom. The van der Waals surface area contributed by atoms with Gasteiger partial charge in [0.1, 0.15) is 11.5 Å². The van der Waals surface area contributed by atoms with Gasteiger partial charge >= 0.3 is 0 Å². The summed E-state index contributed by atoms with van der Waals surface area (Å²) in [6.45, 7) is 10.3. The van der Waals surface area contributed by atoms with E-state index in [2.05, 4.69) is 44.2 Å². The topological polar surface area (TPSA) is 44.5 Å². The van der Waals surface area contributed by atoms with Gasteiger partial charge in [0.15, 0.2) is 0 Å². The molecule has 0 aliphatic rings.